The van der Waals surface area contributed by atoms with Crippen LogP contribution in [-0.2, 0) is 6.54 Å². The fourth-order valence-electron chi connectivity index (χ4n) is 5.03. The molecule has 5 rings (SSSR count). The van der Waals surface area contributed by atoms with Crippen molar-refractivity contribution in [1.82, 2.24) is 19.0 Å². The average molecular weight is 499 g/mol. The maximum Gasteiger partial charge on any atom is 0.337 e. The average Bonchev–Trinajstić information content (AvgIpc) is 3.43. The van der Waals surface area contributed by atoms with Crippen molar-refractivity contribution in [3.05, 3.63) is 97.3 Å². The maximum absolute atomic E-state index is 14.1. The van der Waals surface area contributed by atoms with Gasteiger partial charge in [0.1, 0.15) is 5.75 Å². The van der Waals surface area contributed by atoms with Gasteiger partial charge in [-0.15, -0.1) is 0 Å². The summed E-state index contributed by atoms with van der Waals surface area (Å²) in [6.07, 6.45) is 1.85. The smallest absolute Gasteiger partial charge is 0.337 e. The minimum absolute atomic E-state index is 0.0709. The minimum Gasteiger partial charge on any atom is -0.495 e. The van der Waals surface area contributed by atoms with Crippen molar-refractivity contribution in [3.63, 3.8) is 0 Å². The number of aromatic nitrogens is 3. The van der Waals surface area contributed by atoms with Gasteiger partial charge in [-0.25, -0.2) is 14.3 Å². The van der Waals surface area contributed by atoms with E-state index >= 15 is 0 Å². The summed E-state index contributed by atoms with van der Waals surface area (Å²) in [4.78, 5) is 48.1. The molecular weight excluding hydrogens is 468 g/mol. The quantitative estimate of drug-likeness (QED) is 0.418. The van der Waals surface area contributed by atoms with Gasteiger partial charge in [0.15, 0.2) is 5.65 Å². The van der Waals surface area contributed by atoms with Crippen molar-refractivity contribution in [2.75, 3.05) is 20.2 Å². The van der Waals surface area contributed by atoms with Crippen LogP contribution in [0, 0.1) is 20.8 Å². The number of amides is 1. The standard InChI is InChI=1S/C29H30N4O4/c1-18-11-12-19(2)21(15-18)17-32-28(35)25-22(27(34)31-13-7-8-14-31)16-20(3)30-26(25)33(29(32)36)23-9-5-6-10-24(23)37-4/h5-6,9-12,15-16H,7-8,13-14,17H2,1-4H3. The third-order valence-electron chi connectivity index (χ3n) is 7.00. The number of nitrogens with zero attached hydrogens (tertiary/aromatic N) is 4. The van der Waals surface area contributed by atoms with E-state index in [0.29, 0.717) is 30.2 Å². The highest BCUT2D eigenvalue weighted by Gasteiger charge is 2.27. The van der Waals surface area contributed by atoms with Crippen LogP contribution >= 0.6 is 0 Å². The molecular formula is C29H30N4O4. The van der Waals surface area contributed by atoms with Crippen LogP contribution in [-0.4, -0.2) is 45.1 Å². The van der Waals surface area contributed by atoms with Crippen LogP contribution in [0.15, 0.2) is 58.1 Å². The lowest BCUT2D eigenvalue weighted by molar-refractivity contribution is 0.0794. The molecule has 0 bridgehead atoms. The molecule has 8 heteroatoms. The Kier molecular flexibility index (Phi) is 6.41. The second-order valence-corrected chi connectivity index (χ2v) is 9.62. The highest BCUT2D eigenvalue weighted by Crippen LogP contribution is 2.26. The van der Waals surface area contributed by atoms with E-state index in [1.54, 1.807) is 36.1 Å². The summed E-state index contributed by atoms with van der Waals surface area (Å²) in [6, 6.07) is 14.7. The predicted octanol–water partition coefficient (Wildman–Crippen LogP) is 3.77. The Morgan fingerprint density at radius 3 is 2.46 bits per heavy atom. The molecule has 1 amide bonds. The van der Waals surface area contributed by atoms with Gasteiger partial charge in [-0.05, 0) is 62.9 Å². The molecule has 0 N–H and O–H groups in total. The first-order valence-electron chi connectivity index (χ1n) is 12.5. The van der Waals surface area contributed by atoms with Crippen LogP contribution in [0.2, 0.25) is 0 Å². The highest BCUT2D eigenvalue weighted by atomic mass is 16.5. The summed E-state index contributed by atoms with van der Waals surface area (Å²) in [5.41, 5.74) is 3.21. The summed E-state index contributed by atoms with van der Waals surface area (Å²) in [5.74, 6) is 0.243. The number of methoxy groups -OCH3 is 1. The number of fused-ring (bicyclic) bond motifs is 1. The second kappa shape index (κ2) is 9.69. The van der Waals surface area contributed by atoms with Crippen molar-refractivity contribution in [3.8, 4) is 11.4 Å². The molecule has 0 spiro atoms. The Morgan fingerprint density at radius 1 is 1.00 bits per heavy atom. The van der Waals surface area contributed by atoms with Gasteiger partial charge >= 0.3 is 5.69 Å². The molecule has 0 radical (unpaired) electrons. The number of pyridine rings is 1. The fraction of sp³-hybridized carbons (Fsp3) is 0.310. The summed E-state index contributed by atoms with van der Waals surface area (Å²) in [5, 5.41) is 0.137. The van der Waals surface area contributed by atoms with E-state index in [1.807, 2.05) is 38.1 Å². The van der Waals surface area contributed by atoms with E-state index in [-0.39, 0.29) is 29.0 Å². The topological polar surface area (TPSA) is 86.4 Å². The van der Waals surface area contributed by atoms with Crippen molar-refractivity contribution in [2.24, 2.45) is 0 Å². The first-order valence-corrected chi connectivity index (χ1v) is 12.5. The number of benzene rings is 2. The van der Waals surface area contributed by atoms with Crippen molar-refractivity contribution < 1.29 is 9.53 Å². The predicted molar refractivity (Wildman–Crippen MR) is 143 cm³/mol. The Bertz CT molecular complexity index is 1640. The zero-order chi connectivity index (χ0) is 26.3. The van der Waals surface area contributed by atoms with Gasteiger partial charge in [-0.2, -0.15) is 0 Å². The molecule has 0 unspecified atom stereocenters. The van der Waals surface area contributed by atoms with E-state index in [9.17, 15) is 14.4 Å². The van der Waals surface area contributed by atoms with Crippen LogP contribution in [0.5, 0.6) is 5.75 Å². The normalized spacial score (nSPS) is 13.4. The van der Waals surface area contributed by atoms with Gasteiger partial charge in [-0.3, -0.25) is 14.2 Å². The van der Waals surface area contributed by atoms with E-state index < -0.39 is 11.2 Å². The number of likely N-dealkylation sites (tertiary alicyclic amines) is 1. The first-order chi connectivity index (χ1) is 17.8. The molecule has 0 saturated carbocycles. The summed E-state index contributed by atoms with van der Waals surface area (Å²) in [7, 11) is 1.53. The van der Waals surface area contributed by atoms with Gasteiger partial charge in [0.05, 0.1) is 30.3 Å². The monoisotopic (exact) mass is 498 g/mol. The molecule has 0 atom stereocenters. The van der Waals surface area contributed by atoms with Crippen LogP contribution < -0.4 is 16.0 Å². The zero-order valence-electron chi connectivity index (χ0n) is 21.6. The second-order valence-electron chi connectivity index (χ2n) is 9.62. The minimum atomic E-state index is -0.541. The number of rotatable bonds is 5. The summed E-state index contributed by atoms with van der Waals surface area (Å²) in [6.45, 7) is 7.04. The number of carbonyl (C=O) groups is 1. The third-order valence-corrected chi connectivity index (χ3v) is 7.00. The SMILES string of the molecule is COc1ccccc1-n1c(=O)n(Cc2cc(C)ccc2C)c(=O)c2c(C(=O)N3CCCC3)cc(C)nc21. The van der Waals surface area contributed by atoms with E-state index in [1.165, 1.54) is 16.2 Å². The lowest BCUT2D eigenvalue weighted by atomic mass is 10.1. The van der Waals surface area contributed by atoms with Crippen molar-refractivity contribution >= 4 is 16.9 Å². The molecule has 1 fully saturated rings. The Balaban J connectivity index is 1.88. The molecule has 2 aromatic carbocycles. The number of hydrogen-bond acceptors (Lipinski definition) is 5. The van der Waals surface area contributed by atoms with Crippen molar-refractivity contribution in [1.29, 1.82) is 0 Å². The number of ether oxygens (including phenoxy) is 1. The third kappa shape index (κ3) is 4.33. The molecule has 190 valence electrons. The number of para-hydroxylation sites is 2. The van der Waals surface area contributed by atoms with Gasteiger partial charge in [-0.1, -0.05) is 35.9 Å². The van der Waals surface area contributed by atoms with Crippen LogP contribution in [0.3, 0.4) is 0 Å². The number of aryl methyl sites for hydroxylation is 3. The molecule has 37 heavy (non-hydrogen) atoms. The Labute approximate surface area is 214 Å². The molecule has 1 saturated heterocycles. The molecule has 1 aliphatic rings. The lowest BCUT2D eigenvalue weighted by Gasteiger charge is -2.20. The largest absolute Gasteiger partial charge is 0.495 e. The van der Waals surface area contributed by atoms with Crippen LogP contribution in [0.1, 0.15) is 45.6 Å². The summed E-state index contributed by atoms with van der Waals surface area (Å²) >= 11 is 0. The van der Waals surface area contributed by atoms with Crippen LogP contribution in [0.25, 0.3) is 16.7 Å². The van der Waals surface area contributed by atoms with Gasteiger partial charge in [0.25, 0.3) is 11.5 Å². The fourth-order valence-corrected chi connectivity index (χ4v) is 5.03. The lowest BCUT2D eigenvalue weighted by Crippen LogP contribution is -2.41. The van der Waals surface area contributed by atoms with Gasteiger partial charge < -0.3 is 9.64 Å². The highest BCUT2D eigenvalue weighted by molar-refractivity contribution is 6.05. The summed E-state index contributed by atoms with van der Waals surface area (Å²) < 4.78 is 8.17. The van der Waals surface area contributed by atoms with Crippen molar-refractivity contribution in [2.45, 2.75) is 40.2 Å². The van der Waals surface area contributed by atoms with E-state index in [0.717, 1.165) is 29.5 Å². The Hall–Kier alpha value is -4.20. The molecule has 3 heterocycles. The number of carbonyl (C=O) groups excluding carboxylic acids is 1. The van der Waals surface area contributed by atoms with E-state index in [2.05, 4.69) is 4.98 Å². The molecule has 2 aromatic heterocycles. The first kappa shape index (κ1) is 24.5. The Morgan fingerprint density at radius 2 is 1.73 bits per heavy atom. The molecule has 4 aromatic rings. The zero-order valence-corrected chi connectivity index (χ0v) is 21.6. The molecule has 0 aliphatic carbocycles. The van der Waals surface area contributed by atoms with Crippen LogP contribution in [0.4, 0.5) is 0 Å². The van der Waals surface area contributed by atoms with E-state index in [4.69, 9.17) is 4.74 Å². The van der Waals surface area contributed by atoms with Gasteiger partial charge in [0, 0.05) is 18.8 Å². The maximum atomic E-state index is 14.1. The van der Waals surface area contributed by atoms with Gasteiger partial charge in [0.2, 0.25) is 0 Å². The molecule has 8 nitrogen and oxygen atoms in total. The number of hydrogen-bond donors (Lipinski definition) is 0. The molecule has 1 aliphatic heterocycles.